The third kappa shape index (κ3) is 1.42. The predicted molar refractivity (Wildman–Crippen MR) is 69.8 cm³/mol. The van der Waals surface area contributed by atoms with Gasteiger partial charge in [-0.3, -0.25) is 4.98 Å². The zero-order chi connectivity index (χ0) is 11.0. The molecular formula is C14H11NS. The summed E-state index contributed by atoms with van der Waals surface area (Å²) in [4.78, 5) is 4.45. The van der Waals surface area contributed by atoms with Crippen LogP contribution in [0.15, 0.2) is 47.3 Å². The Bertz CT molecular complexity index is 626. The van der Waals surface area contributed by atoms with Crippen LogP contribution in [0, 0.1) is 6.92 Å². The van der Waals surface area contributed by atoms with Gasteiger partial charge in [-0.05, 0) is 46.5 Å². The minimum absolute atomic E-state index is 1.10. The van der Waals surface area contributed by atoms with E-state index >= 15 is 0 Å². The number of fused-ring (bicyclic) bond motifs is 1. The second kappa shape index (κ2) is 3.72. The van der Waals surface area contributed by atoms with Gasteiger partial charge in [0.1, 0.15) is 0 Å². The number of para-hydroxylation sites is 1. The summed E-state index contributed by atoms with van der Waals surface area (Å²) < 4.78 is 0. The van der Waals surface area contributed by atoms with Crippen LogP contribution >= 0.6 is 11.3 Å². The summed E-state index contributed by atoms with van der Waals surface area (Å²) in [7, 11) is 0. The van der Waals surface area contributed by atoms with Gasteiger partial charge in [0, 0.05) is 11.6 Å². The molecule has 0 radical (unpaired) electrons. The summed E-state index contributed by atoms with van der Waals surface area (Å²) in [5.41, 5.74) is 4.89. The lowest BCUT2D eigenvalue weighted by Crippen LogP contribution is -1.85. The maximum Gasteiger partial charge on any atom is 0.0737 e. The van der Waals surface area contributed by atoms with Gasteiger partial charge in [-0.1, -0.05) is 18.2 Å². The molecule has 0 aliphatic carbocycles. The van der Waals surface area contributed by atoms with Crippen LogP contribution in [0.1, 0.15) is 5.56 Å². The molecule has 0 N–H and O–H groups in total. The monoisotopic (exact) mass is 225 g/mol. The number of hydrogen-bond acceptors (Lipinski definition) is 2. The Kier molecular flexibility index (Phi) is 2.22. The van der Waals surface area contributed by atoms with Crippen LogP contribution < -0.4 is 0 Å². The molecule has 0 fully saturated rings. The minimum atomic E-state index is 1.10. The molecule has 0 unspecified atom stereocenters. The van der Waals surface area contributed by atoms with Crippen LogP contribution in [0.5, 0.6) is 0 Å². The van der Waals surface area contributed by atoms with E-state index in [0.717, 1.165) is 5.52 Å². The standard InChI is InChI=1S/C14H11NS/c1-10-3-2-4-13-12(5-7-15-14(10)13)11-6-8-16-9-11/h2-9H,1H3. The highest BCUT2D eigenvalue weighted by atomic mass is 32.1. The first-order valence-electron chi connectivity index (χ1n) is 5.23. The lowest BCUT2D eigenvalue weighted by atomic mass is 10.0. The normalized spacial score (nSPS) is 10.8. The summed E-state index contributed by atoms with van der Waals surface area (Å²) in [5, 5.41) is 5.52. The quantitative estimate of drug-likeness (QED) is 0.602. The first-order chi connectivity index (χ1) is 7.86. The number of aromatic nitrogens is 1. The first kappa shape index (κ1) is 9.55. The van der Waals surface area contributed by atoms with Gasteiger partial charge in [-0.2, -0.15) is 11.3 Å². The van der Waals surface area contributed by atoms with Gasteiger partial charge in [0.05, 0.1) is 5.52 Å². The molecule has 0 atom stereocenters. The Morgan fingerprint density at radius 3 is 2.88 bits per heavy atom. The Morgan fingerprint density at radius 1 is 1.12 bits per heavy atom. The molecule has 0 aliphatic rings. The summed E-state index contributed by atoms with van der Waals surface area (Å²) in [6, 6.07) is 10.6. The number of thiophene rings is 1. The van der Waals surface area contributed by atoms with Gasteiger partial charge in [-0.25, -0.2) is 0 Å². The number of rotatable bonds is 1. The average Bonchev–Trinajstić information content (AvgIpc) is 2.82. The molecule has 2 aromatic heterocycles. The van der Waals surface area contributed by atoms with E-state index in [-0.39, 0.29) is 0 Å². The van der Waals surface area contributed by atoms with Crippen molar-refractivity contribution < 1.29 is 0 Å². The number of pyridine rings is 1. The summed E-state index contributed by atoms with van der Waals surface area (Å²) in [5.74, 6) is 0. The maximum absolute atomic E-state index is 4.45. The van der Waals surface area contributed by atoms with Crippen LogP contribution in [0.4, 0.5) is 0 Å². The molecule has 3 rings (SSSR count). The SMILES string of the molecule is Cc1cccc2c(-c3ccsc3)ccnc12. The van der Waals surface area contributed by atoms with E-state index in [4.69, 9.17) is 0 Å². The lowest BCUT2D eigenvalue weighted by Gasteiger charge is -2.05. The fourth-order valence-corrected chi connectivity index (χ4v) is 2.65. The van der Waals surface area contributed by atoms with Crippen LogP contribution in [-0.2, 0) is 0 Å². The van der Waals surface area contributed by atoms with Gasteiger partial charge in [0.25, 0.3) is 0 Å². The van der Waals surface area contributed by atoms with Crippen molar-refractivity contribution in [1.82, 2.24) is 4.98 Å². The fraction of sp³-hybridized carbons (Fsp3) is 0.0714. The molecular weight excluding hydrogens is 214 g/mol. The third-order valence-electron chi connectivity index (χ3n) is 2.80. The first-order valence-corrected chi connectivity index (χ1v) is 6.17. The Morgan fingerprint density at radius 2 is 2.06 bits per heavy atom. The molecule has 0 spiro atoms. The Labute approximate surface area is 98.4 Å². The third-order valence-corrected chi connectivity index (χ3v) is 3.49. The number of aryl methyl sites for hydroxylation is 1. The van der Waals surface area contributed by atoms with Crippen molar-refractivity contribution in [2.24, 2.45) is 0 Å². The van der Waals surface area contributed by atoms with Gasteiger partial charge in [0.2, 0.25) is 0 Å². The summed E-state index contributed by atoms with van der Waals surface area (Å²) in [6.45, 7) is 2.10. The molecule has 0 bridgehead atoms. The van der Waals surface area contributed by atoms with Crippen molar-refractivity contribution in [1.29, 1.82) is 0 Å². The molecule has 0 aliphatic heterocycles. The average molecular weight is 225 g/mol. The highest BCUT2D eigenvalue weighted by Gasteiger charge is 2.05. The Balaban J connectivity index is 2.38. The fourth-order valence-electron chi connectivity index (χ4n) is 1.99. The van der Waals surface area contributed by atoms with Gasteiger partial charge < -0.3 is 0 Å². The zero-order valence-corrected chi connectivity index (χ0v) is 9.79. The zero-order valence-electron chi connectivity index (χ0n) is 8.97. The van der Waals surface area contributed by atoms with E-state index in [1.807, 2.05) is 6.20 Å². The smallest absolute Gasteiger partial charge is 0.0737 e. The second-order valence-electron chi connectivity index (χ2n) is 3.84. The van der Waals surface area contributed by atoms with Crippen LogP contribution in [0.2, 0.25) is 0 Å². The molecule has 2 heteroatoms. The van der Waals surface area contributed by atoms with E-state index in [9.17, 15) is 0 Å². The maximum atomic E-state index is 4.45. The predicted octanol–water partition coefficient (Wildman–Crippen LogP) is 4.27. The van der Waals surface area contributed by atoms with Crippen molar-refractivity contribution in [2.45, 2.75) is 6.92 Å². The van der Waals surface area contributed by atoms with E-state index in [1.165, 1.54) is 22.1 Å². The lowest BCUT2D eigenvalue weighted by molar-refractivity contribution is 1.37. The molecule has 2 heterocycles. The molecule has 0 saturated carbocycles. The number of benzene rings is 1. The molecule has 3 aromatic rings. The highest BCUT2D eigenvalue weighted by Crippen LogP contribution is 2.29. The molecule has 1 aromatic carbocycles. The van der Waals surface area contributed by atoms with E-state index in [2.05, 4.69) is 53.0 Å². The topological polar surface area (TPSA) is 12.9 Å². The van der Waals surface area contributed by atoms with Crippen molar-refractivity contribution in [3.8, 4) is 11.1 Å². The molecule has 0 amide bonds. The Hall–Kier alpha value is -1.67. The van der Waals surface area contributed by atoms with E-state index in [1.54, 1.807) is 11.3 Å². The van der Waals surface area contributed by atoms with Gasteiger partial charge in [-0.15, -0.1) is 0 Å². The molecule has 16 heavy (non-hydrogen) atoms. The van der Waals surface area contributed by atoms with E-state index in [0.29, 0.717) is 0 Å². The number of nitrogens with zero attached hydrogens (tertiary/aromatic N) is 1. The largest absolute Gasteiger partial charge is 0.256 e. The second-order valence-corrected chi connectivity index (χ2v) is 4.62. The van der Waals surface area contributed by atoms with Crippen molar-refractivity contribution in [2.75, 3.05) is 0 Å². The summed E-state index contributed by atoms with van der Waals surface area (Å²) in [6.07, 6.45) is 1.89. The van der Waals surface area contributed by atoms with Gasteiger partial charge >= 0.3 is 0 Å². The minimum Gasteiger partial charge on any atom is -0.256 e. The van der Waals surface area contributed by atoms with Crippen LogP contribution in [-0.4, -0.2) is 4.98 Å². The van der Waals surface area contributed by atoms with Crippen molar-refractivity contribution in [3.05, 3.63) is 52.9 Å². The van der Waals surface area contributed by atoms with Crippen LogP contribution in [0.3, 0.4) is 0 Å². The van der Waals surface area contributed by atoms with Crippen molar-refractivity contribution in [3.63, 3.8) is 0 Å². The highest BCUT2D eigenvalue weighted by molar-refractivity contribution is 7.08. The molecule has 78 valence electrons. The van der Waals surface area contributed by atoms with E-state index < -0.39 is 0 Å². The van der Waals surface area contributed by atoms with Crippen LogP contribution in [0.25, 0.3) is 22.0 Å². The van der Waals surface area contributed by atoms with Gasteiger partial charge in [0.15, 0.2) is 0 Å². The van der Waals surface area contributed by atoms with Crippen molar-refractivity contribution >= 4 is 22.2 Å². The summed E-state index contributed by atoms with van der Waals surface area (Å²) >= 11 is 1.73. The molecule has 0 saturated heterocycles. The molecule has 1 nitrogen and oxygen atoms in total. The number of hydrogen-bond donors (Lipinski definition) is 0.